The summed E-state index contributed by atoms with van der Waals surface area (Å²) in [5.74, 6) is 0.534. The number of hydrogen-bond acceptors (Lipinski definition) is 7. The molecular weight excluding hydrogens is 448 g/mol. The predicted molar refractivity (Wildman–Crippen MR) is 123 cm³/mol. The van der Waals surface area contributed by atoms with E-state index in [0.717, 1.165) is 11.3 Å². The van der Waals surface area contributed by atoms with Crippen molar-refractivity contribution in [1.82, 2.24) is 14.4 Å². The maximum atomic E-state index is 13.3. The molecule has 32 heavy (non-hydrogen) atoms. The SMILES string of the molecule is Cc1nc(-c2cc(S(=O)(=O)N3CCC(C(=O)Nc4ccc(C)c(C)c4)CC3)c(C)s2)no1. The van der Waals surface area contributed by atoms with Gasteiger partial charge in [-0.15, -0.1) is 11.3 Å². The number of aryl methyl sites for hydroxylation is 4. The van der Waals surface area contributed by atoms with E-state index in [9.17, 15) is 13.2 Å². The lowest BCUT2D eigenvalue weighted by Crippen LogP contribution is -2.41. The number of sulfonamides is 1. The lowest BCUT2D eigenvalue weighted by atomic mass is 9.97. The molecule has 3 heterocycles. The van der Waals surface area contributed by atoms with Crippen LogP contribution in [0.1, 0.15) is 34.7 Å². The molecule has 8 nitrogen and oxygen atoms in total. The monoisotopic (exact) mass is 474 g/mol. The first-order chi connectivity index (χ1) is 15.1. The number of nitrogens with one attached hydrogen (secondary N) is 1. The summed E-state index contributed by atoms with van der Waals surface area (Å²) >= 11 is 1.33. The summed E-state index contributed by atoms with van der Waals surface area (Å²) in [5.41, 5.74) is 3.05. The van der Waals surface area contributed by atoms with Crippen molar-refractivity contribution >= 4 is 33.0 Å². The molecule has 1 fully saturated rings. The number of hydrogen-bond donors (Lipinski definition) is 1. The van der Waals surface area contributed by atoms with E-state index in [0.29, 0.717) is 47.4 Å². The fourth-order valence-electron chi connectivity index (χ4n) is 3.79. The second-order valence-electron chi connectivity index (χ2n) is 8.13. The smallest absolute Gasteiger partial charge is 0.244 e. The topological polar surface area (TPSA) is 105 Å². The van der Waals surface area contributed by atoms with E-state index in [2.05, 4.69) is 15.5 Å². The van der Waals surface area contributed by atoms with E-state index < -0.39 is 10.0 Å². The van der Waals surface area contributed by atoms with Gasteiger partial charge in [-0.3, -0.25) is 4.79 Å². The molecule has 0 aliphatic carbocycles. The molecule has 1 aliphatic heterocycles. The minimum atomic E-state index is -3.67. The summed E-state index contributed by atoms with van der Waals surface area (Å²) in [5, 5.41) is 6.85. The van der Waals surface area contributed by atoms with Crippen LogP contribution in [-0.4, -0.2) is 41.9 Å². The van der Waals surface area contributed by atoms with Crippen LogP contribution in [0.15, 0.2) is 33.7 Å². The Bertz CT molecular complexity index is 1250. The van der Waals surface area contributed by atoms with Crippen molar-refractivity contribution in [2.75, 3.05) is 18.4 Å². The van der Waals surface area contributed by atoms with Gasteiger partial charge in [-0.2, -0.15) is 9.29 Å². The Morgan fingerprint density at radius 2 is 1.84 bits per heavy atom. The van der Waals surface area contributed by atoms with Gasteiger partial charge in [-0.25, -0.2) is 8.42 Å². The fourth-order valence-corrected chi connectivity index (χ4v) is 6.75. The number of benzene rings is 1. The zero-order chi connectivity index (χ0) is 23.0. The second-order valence-corrected chi connectivity index (χ2v) is 11.3. The Hall–Kier alpha value is -2.56. The summed E-state index contributed by atoms with van der Waals surface area (Å²) in [6.07, 6.45) is 0.964. The molecule has 0 spiro atoms. The summed E-state index contributed by atoms with van der Waals surface area (Å²) in [7, 11) is -3.67. The van der Waals surface area contributed by atoms with Crippen molar-refractivity contribution < 1.29 is 17.7 Å². The maximum absolute atomic E-state index is 13.3. The Morgan fingerprint density at radius 1 is 1.12 bits per heavy atom. The van der Waals surface area contributed by atoms with Crippen LogP contribution in [0.4, 0.5) is 5.69 Å². The van der Waals surface area contributed by atoms with Crippen molar-refractivity contribution in [2.45, 2.75) is 45.4 Å². The standard InChI is InChI=1S/C22H26N4O4S2/c1-13-5-6-18(11-14(13)2)24-22(27)17-7-9-26(10-8-17)32(28,29)20-12-19(31-15(20)3)21-23-16(4)30-25-21/h5-6,11-12,17H,7-10H2,1-4H3,(H,24,27). The zero-order valence-corrected chi connectivity index (χ0v) is 20.1. The van der Waals surface area contributed by atoms with Crippen LogP contribution < -0.4 is 5.32 Å². The molecule has 1 aromatic carbocycles. The number of carbonyl (C=O) groups is 1. The van der Waals surface area contributed by atoms with Crippen LogP contribution in [0.5, 0.6) is 0 Å². The van der Waals surface area contributed by atoms with Gasteiger partial charge in [0.15, 0.2) is 0 Å². The van der Waals surface area contributed by atoms with E-state index >= 15 is 0 Å². The first-order valence-electron chi connectivity index (χ1n) is 10.4. The molecule has 0 unspecified atom stereocenters. The molecular formula is C22H26N4O4S2. The molecule has 4 rings (SSSR count). The fraction of sp³-hybridized carbons (Fsp3) is 0.409. The number of aromatic nitrogens is 2. The first kappa shape index (κ1) is 22.6. The number of anilines is 1. The highest BCUT2D eigenvalue weighted by molar-refractivity contribution is 7.89. The van der Waals surface area contributed by atoms with E-state index in [4.69, 9.17) is 4.52 Å². The lowest BCUT2D eigenvalue weighted by molar-refractivity contribution is -0.120. The predicted octanol–water partition coefficient (Wildman–Crippen LogP) is 4.07. The summed E-state index contributed by atoms with van der Waals surface area (Å²) in [6, 6.07) is 7.43. The molecule has 1 amide bonds. The van der Waals surface area contributed by atoms with Crippen molar-refractivity contribution in [3.63, 3.8) is 0 Å². The number of nitrogens with zero attached hydrogens (tertiary/aromatic N) is 3. The lowest BCUT2D eigenvalue weighted by Gasteiger charge is -2.30. The maximum Gasteiger partial charge on any atom is 0.244 e. The van der Waals surface area contributed by atoms with Gasteiger partial charge in [0.1, 0.15) is 0 Å². The molecule has 10 heteroatoms. The summed E-state index contributed by atoms with van der Waals surface area (Å²) in [4.78, 5) is 18.5. The Balaban J connectivity index is 1.42. The van der Waals surface area contributed by atoms with Gasteiger partial charge in [0.25, 0.3) is 0 Å². The average molecular weight is 475 g/mol. The van der Waals surface area contributed by atoms with Crippen LogP contribution in [-0.2, 0) is 14.8 Å². The van der Waals surface area contributed by atoms with Crippen molar-refractivity contribution in [2.24, 2.45) is 5.92 Å². The van der Waals surface area contributed by atoms with Gasteiger partial charge in [-0.1, -0.05) is 11.2 Å². The van der Waals surface area contributed by atoms with Gasteiger partial charge < -0.3 is 9.84 Å². The highest BCUT2D eigenvalue weighted by Gasteiger charge is 2.34. The number of carbonyl (C=O) groups excluding carboxylic acids is 1. The van der Waals surface area contributed by atoms with Gasteiger partial charge in [0.2, 0.25) is 27.6 Å². The minimum absolute atomic E-state index is 0.0632. The Labute approximate surface area is 191 Å². The van der Waals surface area contributed by atoms with Gasteiger partial charge in [0, 0.05) is 36.5 Å². The molecule has 2 aromatic heterocycles. The van der Waals surface area contributed by atoms with E-state index in [-0.39, 0.29) is 16.7 Å². The van der Waals surface area contributed by atoms with Crippen LogP contribution in [0.3, 0.4) is 0 Å². The van der Waals surface area contributed by atoms with Crippen molar-refractivity contribution in [3.05, 3.63) is 46.2 Å². The van der Waals surface area contributed by atoms with E-state index in [1.54, 1.807) is 19.9 Å². The van der Waals surface area contributed by atoms with Crippen LogP contribution in [0.25, 0.3) is 10.7 Å². The molecule has 170 valence electrons. The second kappa shape index (κ2) is 8.76. The van der Waals surface area contributed by atoms with Gasteiger partial charge >= 0.3 is 0 Å². The van der Waals surface area contributed by atoms with Gasteiger partial charge in [0.05, 0.1) is 9.77 Å². The minimum Gasteiger partial charge on any atom is -0.339 e. The third-order valence-corrected chi connectivity index (χ3v) is 9.04. The quantitative estimate of drug-likeness (QED) is 0.598. The van der Waals surface area contributed by atoms with Crippen LogP contribution in [0.2, 0.25) is 0 Å². The number of rotatable bonds is 5. The van der Waals surface area contributed by atoms with Crippen LogP contribution >= 0.6 is 11.3 Å². The third kappa shape index (κ3) is 4.48. The normalized spacial score (nSPS) is 15.8. The largest absolute Gasteiger partial charge is 0.339 e. The van der Waals surface area contributed by atoms with Crippen molar-refractivity contribution in [3.8, 4) is 10.7 Å². The molecule has 0 atom stereocenters. The van der Waals surface area contributed by atoms with Gasteiger partial charge in [-0.05, 0) is 62.9 Å². The van der Waals surface area contributed by atoms with Crippen LogP contribution in [0, 0.1) is 33.6 Å². The molecule has 0 radical (unpaired) electrons. The third-order valence-electron chi connectivity index (χ3n) is 5.84. The highest BCUT2D eigenvalue weighted by atomic mass is 32.2. The number of thiophene rings is 1. The van der Waals surface area contributed by atoms with E-state index in [1.807, 2.05) is 32.0 Å². The molecule has 0 saturated carbocycles. The number of amides is 1. The Morgan fingerprint density at radius 3 is 2.47 bits per heavy atom. The Kier molecular flexibility index (Phi) is 6.19. The number of piperidine rings is 1. The average Bonchev–Trinajstić information content (AvgIpc) is 3.36. The summed E-state index contributed by atoms with van der Waals surface area (Å²) < 4.78 is 33.0. The summed E-state index contributed by atoms with van der Waals surface area (Å²) in [6.45, 7) is 8.11. The van der Waals surface area contributed by atoms with Crippen molar-refractivity contribution in [1.29, 1.82) is 0 Å². The first-order valence-corrected chi connectivity index (χ1v) is 12.7. The molecule has 1 N–H and O–H groups in total. The molecule has 3 aromatic rings. The molecule has 0 bridgehead atoms. The zero-order valence-electron chi connectivity index (χ0n) is 18.5. The highest BCUT2D eigenvalue weighted by Crippen LogP contribution is 2.35. The van der Waals surface area contributed by atoms with E-state index in [1.165, 1.54) is 21.2 Å². The molecule has 1 aliphatic rings. The molecule has 1 saturated heterocycles.